The third-order valence-electron chi connectivity index (χ3n) is 4.43. The minimum Gasteiger partial charge on any atom is -0.478 e. The van der Waals surface area contributed by atoms with Gasteiger partial charge in [0, 0.05) is 6.04 Å². The molecule has 0 saturated heterocycles. The number of nitrogens with one attached hydrogen (secondary N) is 2. The highest BCUT2D eigenvalue weighted by Gasteiger charge is 2.20. The molecule has 156 valence electrons. The lowest BCUT2D eigenvalue weighted by atomic mass is 9.96. The van der Waals surface area contributed by atoms with Crippen LogP contribution >= 0.6 is 11.8 Å². The number of para-hydroxylation sites is 1. The third-order valence-corrected chi connectivity index (χ3v) is 5.25. The Morgan fingerprint density at radius 3 is 2.79 bits per heavy atom. The smallest absolute Gasteiger partial charge is 0.321 e. The average molecular weight is 422 g/mol. The van der Waals surface area contributed by atoms with E-state index in [9.17, 15) is 14.0 Å². The van der Waals surface area contributed by atoms with E-state index in [2.05, 4.69) is 20.8 Å². The number of thioether (sulfide) groups is 1. The van der Waals surface area contributed by atoms with Crippen molar-refractivity contribution >= 4 is 23.7 Å². The first-order chi connectivity index (χ1) is 14.0. The van der Waals surface area contributed by atoms with Crippen molar-refractivity contribution in [3.05, 3.63) is 36.0 Å². The number of hydrogen-bond donors (Lipinski definition) is 2. The van der Waals surface area contributed by atoms with Crippen LogP contribution in [0.5, 0.6) is 5.75 Å². The first kappa shape index (κ1) is 21.1. The Hall–Kier alpha value is -2.62. The summed E-state index contributed by atoms with van der Waals surface area (Å²) in [5.74, 6) is -0.764. The van der Waals surface area contributed by atoms with Crippen LogP contribution in [0.2, 0.25) is 0 Å². The highest BCUT2D eigenvalue weighted by atomic mass is 32.2. The molecule has 3 rings (SSSR count). The fourth-order valence-electron chi connectivity index (χ4n) is 2.98. The molecule has 1 aliphatic rings. The van der Waals surface area contributed by atoms with Gasteiger partial charge in [-0.2, -0.15) is 0 Å². The number of hydrogen-bond acceptors (Lipinski definition) is 7. The van der Waals surface area contributed by atoms with Gasteiger partial charge in [-0.15, -0.1) is 10.2 Å². The van der Waals surface area contributed by atoms with Crippen molar-refractivity contribution in [1.82, 2.24) is 20.8 Å². The zero-order chi connectivity index (χ0) is 20.6. The summed E-state index contributed by atoms with van der Waals surface area (Å²) in [6.07, 6.45) is 4.58. The van der Waals surface area contributed by atoms with Crippen molar-refractivity contribution < 1.29 is 23.1 Å². The number of nitrogens with zero attached hydrogens (tertiary/aromatic N) is 2. The number of ether oxygens (including phenoxy) is 1. The van der Waals surface area contributed by atoms with Crippen molar-refractivity contribution in [3.63, 3.8) is 0 Å². The van der Waals surface area contributed by atoms with E-state index >= 15 is 0 Å². The minimum absolute atomic E-state index is 0.0533. The molecule has 3 amide bonds. The molecule has 29 heavy (non-hydrogen) atoms. The van der Waals surface area contributed by atoms with Gasteiger partial charge in [-0.05, 0) is 31.9 Å². The fourth-order valence-corrected chi connectivity index (χ4v) is 3.55. The highest BCUT2D eigenvalue weighted by molar-refractivity contribution is 7.99. The molecule has 0 aliphatic heterocycles. The highest BCUT2D eigenvalue weighted by Crippen LogP contribution is 2.25. The number of urea groups is 1. The van der Waals surface area contributed by atoms with Crippen LogP contribution in [-0.4, -0.2) is 33.9 Å². The summed E-state index contributed by atoms with van der Waals surface area (Å²) in [6, 6.07) is 5.65. The molecule has 0 unspecified atom stereocenters. The zero-order valence-corrected chi connectivity index (χ0v) is 16.8. The lowest BCUT2D eigenvalue weighted by Gasteiger charge is -2.22. The van der Waals surface area contributed by atoms with E-state index < -0.39 is 23.9 Å². The van der Waals surface area contributed by atoms with Crippen molar-refractivity contribution in [2.24, 2.45) is 0 Å². The van der Waals surface area contributed by atoms with Gasteiger partial charge in [-0.1, -0.05) is 43.2 Å². The average Bonchev–Trinajstić information content (AvgIpc) is 3.18. The van der Waals surface area contributed by atoms with Gasteiger partial charge in [0.15, 0.2) is 17.7 Å². The summed E-state index contributed by atoms with van der Waals surface area (Å²) < 4.78 is 24.6. The molecule has 10 heteroatoms. The molecule has 1 fully saturated rings. The quantitative estimate of drug-likeness (QED) is 0.657. The van der Waals surface area contributed by atoms with Crippen molar-refractivity contribution in [3.8, 4) is 5.75 Å². The molecule has 1 heterocycles. The largest absolute Gasteiger partial charge is 0.478 e. The number of rotatable bonds is 7. The normalized spacial score (nSPS) is 15.5. The number of benzene rings is 1. The lowest BCUT2D eigenvalue weighted by molar-refractivity contribution is -0.117. The van der Waals surface area contributed by atoms with Crippen LogP contribution in [0.4, 0.5) is 9.18 Å². The number of halogens is 1. The van der Waals surface area contributed by atoms with Crippen molar-refractivity contribution in [2.45, 2.75) is 56.4 Å². The summed E-state index contributed by atoms with van der Waals surface area (Å²) >= 11 is 1.00. The molecule has 1 aliphatic carbocycles. The van der Waals surface area contributed by atoms with E-state index in [0.717, 1.165) is 37.4 Å². The second-order valence-corrected chi connectivity index (χ2v) is 7.67. The number of amides is 3. The Labute approximate surface area is 172 Å². The van der Waals surface area contributed by atoms with E-state index in [1.54, 1.807) is 19.1 Å². The van der Waals surface area contributed by atoms with Crippen LogP contribution in [0.15, 0.2) is 33.9 Å². The molecule has 8 nitrogen and oxygen atoms in total. The fraction of sp³-hybridized carbons (Fsp3) is 0.474. The summed E-state index contributed by atoms with van der Waals surface area (Å²) in [4.78, 5) is 23.8. The van der Waals surface area contributed by atoms with Gasteiger partial charge in [0.25, 0.3) is 11.1 Å². The minimum atomic E-state index is -0.663. The molecular weight excluding hydrogens is 399 g/mol. The van der Waals surface area contributed by atoms with E-state index in [0.29, 0.717) is 0 Å². The second-order valence-electron chi connectivity index (χ2n) is 6.74. The maximum Gasteiger partial charge on any atom is 0.321 e. The predicted molar refractivity (Wildman–Crippen MR) is 104 cm³/mol. The van der Waals surface area contributed by atoms with E-state index in [1.807, 2.05) is 0 Å². The maximum atomic E-state index is 13.7. The first-order valence-corrected chi connectivity index (χ1v) is 10.5. The monoisotopic (exact) mass is 422 g/mol. The van der Waals surface area contributed by atoms with E-state index in [-0.39, 0.29) is 28.7 Å². The second kappa shape index (κ2) is 10.2. The number of carbonyl (C=O) groups is 2. The topological polar surface area (TPSA) is 106 Å². The van der Waals surface area contributed by atoms with Crippen LogP contribution in [0, 0.1) is 5.82 Å². The lowest BCUT2D eigenvalue weighted by Crippen LogP contribution is -2.45. The number of imide groups is 1. The van der Waals surface area contributed by atoms with Crippen molar-refractivity contribution in [1.29, 1.82) is 0 Å². The molecule has 2 N–H and O–H groups in total. The maximum absolute atomic E-state index is 13.7. The zero-order valence-electron chi connectivity index (χ0n) is 16.0. The van der Waals surface area contributed by atoms with Gasteiger partial charge in [-0.25, -0.2) is 9.18 Å². The van der Waals surface area contributed by atoms with Crippen LogP contribution < -0.4 is 15.4 Å². The third kappa shape index (κ3) is 6.45. The summed E-state index contributed by atoms with van der Waals surface area (Å²) in [7, 11) is 0. The predicted octanol–water partition coefficient (Wildman–Crippen LogP) is 3.60. The molecule has 0 radical (unpaired) electrons. The van der Waals surface area contributed by atoms with Gasteiger partial charge < -0.3 is 14.5 Å². The van der Waals surface area contributed by atoms with Gasteiger partial charge in [-0.3, -0.25) is 10.1 Å². The SMILES string of the molecule is C[C@@H](Oc1ccccc1F)c1nnc(SCC(=O)NC(=O)NC2CCCCC2)o1. The Morgan fingerprint density at radius 2 is 2.03 bits per heavy atom. The van der Waals surface area contributed by atoms with Gasteiger partial charge in [0.1, 0.15) is 0 Å². The van der Waals surface area contributed by atoms with Crippen LogP contribution in [-0.2, 0) is 4.79 Å². The summed E-state index contributed by atoms with van der Waals surface area (Å²) in [6.45, 7) is 1.65. The van der Waals surface area contributed by atoms with Crippen LogP contribution in [0.1, 0.15) is 51.0 Å². The Balaban J connectivity index is 1.43. The Kier molecular flexibility index (Phi) is 7.45. The molecule has 0 spiro atoms. The number of carbonyl (C=O) groups excluding carboxylic acids is 2. The summed E-state index contributed by atoms with van der Waals surface area (Å²) in [5, 5.41) is 13.0. The Morgan fingerprint density at radius 1 is 1.28 bits per heavy atom. The van der Waals surface area contributed by atoms with E-state index in [1.165, 1.54) is 18.6 Å². The number of aromatic nitrogens is 2. The molecule has 0 bridgehead atoms. The first-order valence-electron chi connectivity index (χ1n) is 9.49. The Bertz CT molecular complexity index is 841. The molecule has 1 atom stereocenters. The van der Waals surface area contributed by atoms with Crippen LogP contribution in [0.25, 0.3) is 0 Å². The molecule has 1 aromatic carbocycles. The van der Waals surface area contributed by atoms with Gasteiger partial charge >= 0.3 is 6.03 Å². The standard InChI is InChI=1S/C19H23FN4O4S/c1-12(27-15-10-6-5-9-14(15)20)17-23-24-19(28-17)29-11-16(25)22-18(26)21-13-7-3-2-4-8-13/h5-6,9-10,12-13H,2-4,7-8,11H2,1H3,(H2,21,22,25,26)/t12-/m1/s1. The molecule has 2 aromatic rings. The van der Waals surface area contributed by atoms with Crippen molar-refractivity contribution in [2.75, 3.05) is 5.75 Å². The molecule has 1 saturated carbocycles. The van der Waals surface area contributed by atoms with Crippen LogP contribution in [0.3, 0.4) is 0 Å². The van der Waals surface area contributed by atoms with E-state index in [4.69, 9.17) is 9.15 Å². The summed E-state index contributed by atoms with van der Waals surface area (Å²) in [5.41, 5.74) is 0. The molecular formula is C19H23FN4O4S. The van der Waals surface area contributed by atoms with Gasteiger partial charge in [0.05, 0.1) is 5.75 Å². The molecule has 1 aromatic heterocycles. The van der Waals surface area contributed by atoms with Gasteiger partial charge in [0.2, 0.25) is 5.91 Å².